The van der Waals surface area contributed by atoms with Crippen LogP contribution in [0, 0.1) is 0 Å². The van der Waals surface area contributed by atoms with Crippen LogP contribution >= 0.6 is 11.3 Å². The fourth-order valence-corrected chi connectivity index (χ4v) is 2.68. The third kappa shape index (κ3) is 2.53. The van der Waals surface area contributed by atoms with Crippen molar-refractivity contribution in [3.05, 3.63) is 53.0 Å². The van der Waals surface area contributed by atoms with E-state index in [-0.39, 0.29) is 5.91 Å². The highest BCUT2D eigenvalue weighted by Gasteiger charge is 2.12. The molecule has 0 bridgehead atoms. The number of nitrogens with zero attached hydrogens (tertiary/aromatic N) is 3. The highest BCUT2D eigenvalue weighted by Crippen LogP contribution is 2.19. The molecule has 2 heterocycles. The number of amides is 1. The number of hydrogen-bond donors (Lipinski definition) is 0. The Kier molecular flexibility index (Phi) is 3.43. The first-order chi connectivity index (χ1) is 9.74. The standard InChI is InChI=1S/C15H13N3OS/c1-18(15(19)10-12-3-2-8-20-12)11-4-5-13-14(9-11)17-7-6-16-13/h2-9H,10H2,1H3. The van der Waals surface area contributed by atoms with E-state index in [1.54, 1.807) is 35.7 Å². The van der Waals surface area contributed by atoms with E-state index < -0.39 is 0 Å². The fourth-order valence-electron chi connectivity index (χ4n) is 1.99. The molecule has 0 unspecified atom stereocenters. The fraction of sp³-hybridized carbons (Fsp3) is 0.133. The molecule has 0 spiro atoms. The van der Waals surface area contributed by atoms with Gasteiger partial charge in [-0.1, -0.05) is 6.07 Å². The number of aromatic nitrogens is 2. The second-order valence-electron chi connectivity index (χ2n) is 4.44. The first-order valence-corrected chi connectivity index (χ1v) is 7.12. The highest BCUT2D eigenvalue weighted by atomic mass is 32.1. The third-order valence-electron chi connectivity index (χ3n) is 3.12. The molecule has 5 heteroatoms. The normalized spacial score (nSPS) is 10.7. The molecule has 0 aliphatic rings. The largest absolute Gasteiger partial charge is 0.315 e. The first-order valence-electron chi connectivity index (χ1n) is 6.24. The molecule has 0 fully saturated rings. The van der Waals surface area contributed by atoms with Crippen LogP contribution in [0.3, 0.4) is 0 Å². The molecule has 0 N–H and O–H groups in total. The van der Waals surface area contributed by atoms with E-state index in [2.05, 4.69) is 9.97 Å². The Morgan fingerprint density at radius 2 is 2.00 bits per heavy atom. The van der Waals surface area contributed by atoms with E-state index in [1.807, 2.05) is 35.7 Å². The molecule has 0 saturated carbocycles. The van der Waals surface area contributed by atoms with Crippen molar-refractivity contribution >= 4 is 34.0 Å². The average molecular weight is 283 g/mol. The Hall–Kier alpha value is -2.27. The lowest BCUT2D eigenvalue weighted by Gasteiger charge is -2.17. The molecule has 0 aliphatic carbocycles. The Morgan fingerprint density at radius 1 is 1.20 bits per heavy atom. The maximum absolute atomic E-state index is 12.2. The topological polar surface area (TPSA) is 46.1 Å². The van der Waals surface area contributed by atoms with Crippen molar-refractivity contribution in [3.63, 3.8) is 0 Å². The summed E-state index contributed by atoms with van der Waals surface area (Å²) < 4.78 is 0. The summed E-state index contributed by atoms with van der Waals surface area (Å²) in [7, 11) is 1.79. The van der Waals surface area contributed by atoms with Gasteiger partial charge in [0, 0.05) is 30.0 Å². The molecule has 3 rings (SSSR count). The predicted octanol–water partition coefficient (Wildman–Crippen LogP) is 2.90. The zero-order valence-corrected chi connectivity index (χ0v) is 11.8. The van der Waals surface area contributed by atoms with Gasteiger partial charge in [-0.2, -0.15) is 0 Å². The molecular weight excluding hydrogens is 270 g/mol. The van der Waals surface area contributed by atoms with Crippen LogP contribution in [0.4, 0.5) is 5.69 Å². The summed E-state index contributed by atoms with van der Waals surface area (Å²) in [5, 5.41) is 1.98. The molecule has 2 aromatic heterocycles. The number of carbonyl (C=O) groups excluding carboxylic acids is 1. The van der Waals surface area contributed by atoms with Gasteiger partial charge >= 0.3 is 0 Å². The Bertz CT molecular complexity index is 740. The van der Waals surface area contributed by atoms with Crippen LogP contribution in [0.5, 0.6) is 0 Å². The van der Waals surface area contributed by atoms with Crippen molar-refractivity contribution in [2.45, 2.75) is 6.42 Å². The number of fused-ring (bicyclic) bond motifs is 1. The molecule has 4 nitrogen and oxygen atoms in total. The smallest absolute Gasteiger partial charge is 0.231 e. The zero-order valence-electron chi connectivity index (χ0n) is 11.0. The summed E-state index contributed by atoms with van der Waals surface area (Å²) in [5.74, 6) is 0.0655. The molecule has 0 saturated heterocycles. The number of thiophene rings is 1. The molecule has 1 amide bonds. The summed E-state index contributed by atoms with van der Waals surface area (Å²) in [6.07, 6.45) is 3.74. The molecule has 0 atom stereocenters. The minimum Gasteiger partial charge on any atom is -0.315 e. The van der Waals surface area contributed by atoms with Crippen molar-refractivity contribution in [2.75, 3.05) is 11.9 Å². The van der Waals surface area contributed by atoms with Crippen LogP contribution < -0.4 is 4.90 Å². The molecule has 20 heavy (non-hydrogen) atoms. The number of hydrogen-bond acceptors (Lipinski definition) is 4. The summed E-state index contributed by atoms with van der Waals surface area (Å²) in [6.45, 7) is 0. The van der Waals surface area contributed by atoms with Crippen LogP contribution in [0.25, 0.3) is 11.0 Å². The lowest BCUT2D eigenvalue weighted by Crippen LogP contribution is -2.27. The maximum Gasteiger partial charge on any atom is 0.231 e. The summed E-state index contributed by atoms with van der Waals surface area (Å²) in [4.78, 5) is 23.5. The van der Waals surface area contributed by atoms with Gasteiger partial charge in [-0.25, -0.2) is 0 Å². The Labute approximate surface area is 120 Å². The van der Waals surface area contributed by atoms with Gasteiger partial charge in [0.1, 0.15) is 0 Å². The number of likely N-dealkylation sites (N-methyl/N-ethyl adjacent to an activating group) is 1. The quantitative estimate of drug-likeness (QED) is 0.742. The summed E-state index contributed by atoms with van der Waals surface area (Å²) >= 11 is 1.60. The van der Waals surface area contributed by atoms with Crippen LogP contribution in [-0.4, -0.2) is 22.9 Å². The van der Waals surface area contributed by atoms with E-state index in [9.17, 15) is 4.79 Å². The van der Waals surface area contributed by atoms with Crippen molar-refractivity contribution < 1.29 is 4.79 Å². The lowest BCUT2D eigenvalue weighted by molar-refractivity contribution is -0.117. The Balaban J connectivity index is 1.84. The minimum atomic E-state index is 0.0655. The predicted molar refractivity (Wildman–Crippen MR) is 81.0 cm³/mol. The van der Waals surface area contributed by atoms with Gasteiger partial charge in [-0.05, 0) is 29.6 Å². The van der Waals surface area contributed by atoms with Crippen LogP contribution in [0.15, 0.2) is 48.1 Å². The van der Waals surface area contributed by atoms with Gasteiger partial charge in [0.15, 0.2) is 0 Å². The Morgan fingerprint density at radius 3 is 2.75 bits per heavy atom. The number of carbonyl (C=O) groups is 1. The van der Waals surface area contributed by atoms with Gasteiger partial charge in [0.05, 0.1) is 17.5 Å². The first kappa shape index (κ1) is 12.7. The van der Waals surface area contributed by atoms with Gasteiger partial charge in [0.2, 0.25) is 5.91 Å². The van der Waals surface area contributed by atoms with Crippen LogP contribution in [0.2, 0.25) is 0 Å². The minimum absolute atomic E-state index is 0.0655. The second kappa shape index (κ2) is 5.38. The molecule has 0 radical (unpaired) electrons. The van der Waals surface area contributed by atoms with Crippen LogP contribution in [-0.2, 0) is 11.2 Å². The molecule has 3 aromatic rings. The number of anilines is 1. The number of rotatable bonds is 3. The van der Waals surface area contributed by atoms with E-state index in [0.29, 0.717) is 6.42 Å². The molecular formula is C15H13N3OS. The maximum atomic E-state index is 12.2. The van der Waals surface area contributed by atoms with Crippen LogP contribution in [0.1, 0.15) is 4.88 Å². The average Bonchev–Trinajstić information content (AvgIpc) is 2.99. The van der Waals surface area contributed by atoms with E-state index in [0.717, 1.165) is 21.6 Å². The van der Waals surface area contributed by atoms with Crippen molar-refractivity contribution in [2.24, 2.45) is 0 Å². The van der Waals surface area contributed by atoms with Gasteiger partial charge in [-0.3, -0.25) is 14.8 Å². The SMILES string of the molecule is CN(C(=O)Cc1cccs1)c1ccc2nccnc2c1. The second-order valence-corrected chi connectivity index (χ2v) is 5.47. The van der Waals surface area contributed by atoms with Gasteiger partial charge in [-0.15, -0.1) is 11.3 Å². The van der Waals surface area contributed by atoms with Crippen molar-refractivity contribution in [1.29, 1.82) is 0 Å². The van der Waals surface area contributed by atoms with E-state index in [4.69, 9.17) is 0 Å². The molecule has 1 aromatic carbocycles. The van der Waals surface area contributed by atoms with Gasteiger partial charge < -0.3 is 4.90 Å². The van der Waals surface area contributed by atoms with Crippen molar-refractivity contribution in [1.82, 2.24) is 9.97 Å². The molecule has 0 aliphatic heterocycles. The number of benzene rings is 1. The lowest BCUT2D eigenvalue weighted by atomic mass is 10.2. The third-order valence-corrected chi connectivity index (χ3v) is 4.00. The highest BCUT2D eigenvalue weighted by molar-refractivity contribution is 7.10. The summed E-state index contributed by atoms with van der Waals surface area (Å²) in [6, 6.07) is 9.59. The van der Waals surface area contributed by atoms with E-state index >= 15 is 0 Å². The molecule has 100 valence electrons. The van der Waals surface area contributed by atoms with Gasteiger partial charge in [0.25, 0.3) is 0 Å². The van der Waals surface area contributed by atoms with E-state index in [1.165, 1.54) is 0 Å². The monoisotopic (exact) mass is 283 g/mol. The van der Waals surface area contributed by atoms with Crippen molar-refractivity contribution in [3.8, 4) is 0 Å². The summed E-state index contributed by atoms with van der Waals surface area (Å²) in [5.41, 5.74) is 2.45. The zero-order chi connectivity index (χ0) is 13.9.